The van der Waals surface area contributed by atoms with Gasteiger partial charge in [-0.2, -0.15) is 13.2 Å². The summed E-state index contributed by atoms with van der Waals surface area (Å²) in [6.07, 6.45) is 0.528. The molecule has 1 aromatic heterocycles. The van der Waals surface area contributed by atoms with Gasteiger partial charge in [0.15, 0.2) is 0 Å². The second-order valence-corrected chi connectivity index (χ2v) is 6.45. The molecule has 0 aliphatic carbocycles. The zero-order chi connectivity index (χ0) is 19.4. The molecule has 0 bridgehead atoms. The van der Waals surface area contributed by atoms with E-state index in [1.165, 1.54) is 30.6 Å². The lowest BCUT2D eigenvalue weighted by Crippen LogP contribution is -2.29. The molecule has 0 radical (unpaired) electrons. The third-order valence-electron chi connectivity index (χ3n) is 4.48. The Balaban J connectivity index is 1.59. The Labute approximate surface area is 154 Å². The zero-order valence-electron chi connectivity index (χ0n) is 14.4. The van der Waals surface area contributed by atoms with Crippen LogP contribution in [0.25, 0.3) is 0 Å². The Morgan fingerprint density at radius 3 is 2.63 bits per heavy atom. The molecule has 1 aliphatic heterocycles. The summed E-state index contributed by atoms with van der Waals surface area (Å²) in [6.45, 7) is 0.460. The largest absolute Gasteiger partial charge is 0.478 e. The van der Waals surface area contributed by atoms with Crippen LogP contribution >= 0.6 is 0 Å². The van der Waals surface area contributed by atoms with Crippen molar-refractivity contribution in [2.75, 3.05) is 11.9 Å². The fourth-order valence-electron chi connectivity index (χ4n) is 3.07. The van der Waals surface area contributed by atoms with Crippen LogP contribution in [0.5, 0.6) is 0 Å². The quantitative estimate of drug-likeness (QED) is 0.798. The monoisotopic (exact) mass is 380 g/mol. The van der Waals surface area contributed by atoms with Crippen molar-refractivity contribution in [1.29, 1.82) is 0 Å². The van der Waals surface area contributed by atoms with E-state index in [9.17, 15) is 18.0 Å². The molecule has 1 aromatic carbocycles. The summed E-state index contributed by atoms with van der Waals surface area (Å²) in [6, 6.07) is 6.56. The van der Waals surface area contributed by atoms with Crippen molar-refractivity contribution >= 4 is 11.7 Å². The predicted molar refractivity (Wildman–Crippen MR) is 92.6 cm³/mol. The topological polar surface area (TPSA) is 71.5 Å². The molecule has 0 spiro atoms. The summed E-state index contributed by atoms with van der Waals surface area (Å²) in [5.41, 5.74) is 0.718. The minimum atomic E-state index is -4.35. The molecular weight excluding hydrogens is 361 g/mol. The van der Waals surface area contributed by atoms with Crippen LogP contribution in [-0.2, 0) is 10.9 Å². The van der Waals surface area contributed by atoms with E-state index in [4.69, 9.17) is 9.84 Å². The van der Waals surface area contributed by atoms with E-state index in [-0.39, 0.29) is 17.8 Å². The van der Waals surface area contributed by atoms with E-state index < -0.39 is 17.7 Å². The Morgan fingerprint density at radius 2 is 1.96 bits per heavy atom. The molecule has 2 aromatic rings. The van der Waals surface area contributed by atoms with Gasteiger partial charge in [-0.1, -0.05) is 12.1 Å². The molecule has 3 rings (SSSR count). The van der Waals surface area contributed by atoms with Crippen LogP contribution in [0.1, 0.15) is 46.9 Å². The van der Waals surface area contributed by atoms with Crippen molar-refractivity contribution in [1.82, 2.24) is 4.98 Å². The number of alkyl halides is 3. The van der Waals surface area contributed by atoms with Crippen LogP contribution < -0.4 is 5.32 Å². The molecule has 1 fully saturated rings. The number of benzene rings is 1. The Morgan fingerprint density at radius 1 is 1.22 bits per heavy atom. The Kier molecular flexibility index (Phi) is 5.65. The van der Waals surface area contributed by atoms with Crippen LogP contribution in [0.4, 0.5) is 18.9 Å². The molecule has 2 N–H and O–H groups in total. The van der Waals surface area contributed by atoms with Gasteiger partial charge in [-0.15, -0.1) is 0 Å². The third kappa shape index (κ3) is 4.97. The molecule has 0 unspecified atom stereocenters. The maximum Gasteiger partial charge on any atom is 0.416 e. The molecular formula is C19H19F3N2O3. The average molecular weight is 380 g/mol. The van der Waals surface area contributed by atoms with Crippen molar-refractivity contribution in [2.45, 2.75) is 37.6 Å². The summed E-state index contributed by atoms with van der Waals surface area (Å²) < 4.78 is 44.1. The minimum Gasteiger partial charge on any atom is -0.478 e. The first-order chi connectivity index (χ1) is 12.8. The van der Waals surface area contributed by atoms with Gasteiger partial charge in [0, 0.05) is 18.9 Å². The van der Waals surface area contributed by atoms with Gasteiger partial charge in [0.05, 0.1) is 29.0 Å². The van der Waals surface area contributed by atoms with E-state index in [0.29, 0.717) is 12.2 Å². The number of hydrogen-bond donors (Lipinski definition) is 2. The lowest BCUT2D eigenvalue weighted by Gasteiger charge is -2.31. The highest BCUT2D eigenvalue weighted by molar-refractivity contribution is 5.88. The van der Waals surface area contributed by atoms with Gasteiger partial charge >= 0.3 is 12.1 Å². The maximum atomic E-state index is 12.7. The van der Waals surface area contributed by atoms with Crippen LogP contribution in [0.3, 0.4) is 0 Å². The van der Waals surface area contributed by atoms with Crippen LogP contribution in [0.15, 0.2) is 42.7 Å². The summed E-state index contributed by atoms with van der Waals surface area (Å²) in [7, 11) is 0. The van der Waals surface area contributed by atoms with Crippen molar-refractivity contribution in [3.8, 4) is 0 Å². The second-order valence-electron chi connectivity index (χ2n) is 6.45. The number of carboxylic acid groups (broad SMARTS) is 1. The molecule has 8 heteroatoms. The van der Waals surface area contributed by atoms with E-state index in [0.717, 1.165) is 37.0 Å². The summed E-state index contributed by atoms with van der Waals surface area (Å²) >= 11 is 0. The first kappa shape index (κ1) is 19.2. The number of nitrogens with zero attached hydrogens (tertiary/aromatic N) is 1. The fourth-order valence-corrected chi connectivity index (χ4v) is 3.07. The molecule has 144 valence electrons. The number of rotatable bonds is 5. The van der Waals surface area contributed by atoms with Gasteiger partial charge in [0.1, 0.15) is 0 Å². The zero-order valence-corrected chi connectivity index (χ0v) is 14.4. The first-order valence-electron chi connectivity index (χ1n) is 8.58. The highest BCUT2D eigenvalue weighted by Crippen LogP contribution is 2.34. The smallest absolute Gasteiger partial charge is 0.416 e. The number of carboxylic acids is 1. The number of aromatic nitrogens is 1. The van der Waals surface area contributed by atoms with E-state index in [1.54, 1.807) is 0 Å². The number of hydrogen-bond acceptors (Lipinski definition) is 4. The van der Waals surface area contributed by atoms with Crippen molar-refractivity contribution in [3.05, 3.63) is 59.4 Å². The minimum absolute atomic E-state index is 0.0900. The number of halogens is 3. The van der Waals surface area contributed by atoms with E-state index in [1.807, 2.05) is 0 Å². The Hall–Kier alpha value is -2.61. The number of aromatic carboxylic acids is 1. The molecule has 27 heavy (non-hydrogen) atoms. The molecule has 1 saturated heterocycles. The summed E-state index contributed by atoms with van der Waals surface area (Å²) in [5.74, 6) is -1.05. The highest BCUT2D eigenvalue weighted by atomic mass is 19.4. The average Bonchev–Trinajstić information content (AvgIpc) is 2.66. The van der Waals surface area contributed by atoms with Gasteiger partial charge in [0.25, 0.3) is 0 Å². The van der Waals surface area contributed by atoms with Crippen LogP contribution in [0, 0.1) is 0 Å². The van der Waals surface area contributed by atoms with Gasteiger partial charge in [-0.3, -0.25) is 4.98 Å². The van der Waals surface area contributed by atoms with Gasteiger partial charge in [-0.05, 0) is 43.0 Å². The second kappa shape index (κ2) is 7.96. The standard InChI is InChI=1S/C19H19F3N2O3/c20-19(21,22)14-6-4-12(5-7-14)17-3-1-2-16(27-17)11-24-15-8-13(18(25)26)9-23-10-15/h4-10,16-17,24H,1-3,11H2,(H,25,26)/t16-,17+/m1/s1. The molecule has 0 amide bonds. The lowest BCUT2D eigenvalue weighted by molar-refractivity contribution is -0.137. The number of carbonyl (C=O) groups is 1. The molecule has 2 heterocycles. The van der Waals surface area contributed by atoms with Gasteiger partial charge in [-0.25, -0.2) is 4.79 Å². The van der Waals surface area contributed by atoms with Crippen molar-refractivity contribution in [2.24, 2.45) is 0 Å². The van der Waals surface area contributed by atoms with E-state index in [2.05, 4.69) is 10.3 Å². The molecule has 1 aliphatic rings. The number of pyridine rings is 1. The molecule has 5 nitrogen and oxygen atoms in total. The van der Waals surface area contributed by atoms with Gasteiger partial charge < -0.3 is 15.2 Å². The molecule has 2 atom stereocenters. The number of nitrogens with one attached hydrogen (secondary N) is 1. The van der Waals surface area contributed by atoms with Crippen LogP contribution in [0.2, 0.25) is 0 Å². The normalized spacial score (nSPS) is 20.3. The summed E-state index contributed by atoms with van der Waals surface area (Å²) in [5, 5.41) is 12.1. The molecule has 0 saturated carbocycles. The maximum absolute atomic E-state index is 12.7. The van der Waals surface area contributed by atoms with E-state index >= 15 is 0 Å². The number of anilines is 1. The summed E-state index contributed by atoms with van der Waals surface area (Å²) in [4.78, 5) is 14.9. The van der Waals surface area contributed by atoms with Crippen molar-refractivity contribution in [3.63, 3.8) is 0 Å². The fraction of sp³-hybridized carbons (Fsp3) is 0.368. The van der Waals surface area contributed by atoms with Gasteiger partial charge in [0.2, 0.25) is 0 Å². The van der Waals surface area contributed by atoms with Crippen LogP contribution in [-0.4, -0.2) is 28.7 Å². The lowest BCUT2D eigenvalue weighted by atomic mass is 9.97. The number of ether oxygens (including phenoxy) is 1. The first-order valence-corrected chi connectivity index (χ1v) is 8.58. The SMILES string of the molecule is O=C(O)c1cncc(NC[C@H]2CCC[C@@H](c3ccc(C(F)(F)F)cc3)O2)c1. The van der Waals surface area contributed by atoms with Crippen molar-refractivity contribution < 1.29 is 27.8 Å². The highest BCUT2D eigenvalue weighted by Gasteiger charge is 2.31. The Bertz CT molecular complexity index is 794. The predicted octanol–water partition coefficient (Wildman–Crippen LogP) is 4.52. The third-order valence-corrected chi connectivity index (χ3v) is 4.48.